The van der Waals surface area contributed by atoms with Crippen LogP contribution in [0.2, 0.25) is 0 Å². The van der Waals surface area contributed by atoms with E-state index in [1.165, 1.54) is 14.2 Å². The molecule has 0 aromatic heterocycles. The third kappa shape index (κ3) is 5.95. The lowest BCUT2D eigenvalue weighted by atomic mass is 10.0. The molecule has 0 unspecified atom stereocenters. The highest BCUT2D eigenvalue weighted by atomic mass is 16.5. The van der Waals surface area contributed by atoms with Crippen molar-refractivity contribution >= 4 is 17.8 Å². The Bertz CT molecular complexity index is 575. The van der Waals surface area contributed by atoms with Crippen molar-refractivity contribution in [1.29, 1.82) is 0 Å². The van der Waals surface area contributed by atoms with Crippen molar-refractivity contribution in [2.75, 3.05) is 14.2 Å². The molecule has 2 atom stereocenters. The Kier molecular flexibility index (Phi) is 7.01. The van der Waals surface area contributed by atoms with Gasteiger partial charge in [-0.15, -0.1) is 0 Å². The molecular weight excluding hydrogens is 304 g/mol. The number of nitrogens with one attached hydrogen (secondary N) is 1. The fourth-order valence-electron chi connectivity index (χ4n) is 1.93. The molecule has 0 radical (unpaired) electrons. The number of carboxylic acid groups (broad SMARTS) is 1. The van der Waals surface area contributed by atoms with E-state index in [4.69, 9.17) is 15.6 Å². The van der Waals surface area contributed by atoms with E-state index >= 15 is 0 Å². The molecule has 0 heterocycles. The molecule has 8 nitrogen and oxygen atoms in total. The van der Waals surface area contributed by atoms with Gasteiger partial charge in [0.2, 0.25) is 5.91 Å². The maximum absolute atomic E-state index is 11.9. The standard InChI is InChI=1S/C15H20N2O6/c1-22-10-5-3-4-9(6-10)7-12(15(21)23-2)17-14(20)11(16)8-13(18)19/h3-6,11-12H,7-8,16H2,1-2H3,(H,17,20)(H,18,19)/t11-,12-/m0/s1. The summed E-state index contributed by atoms with van der Waals surface area (Å²) in [6.07, 6.45) is -0.367. The number of ether oxygens (including phenoxy) is 2. The molecule has 1 aromatic carbocycles. The molecule has 0 spiro atoms. The van der Waals surface area contributed by atoms with Crippen LogP contribution in [-0.4, -0.2) is 49.3 Å². The number of esters is 1. The summed E-state index contributed by atoms with van der Waals surface area (Å²) in [6.45, 7) is 0. The summed E-state index contributed by atoms with van der Waals surface area (Å²) < 4.78 is 9.76. The minimum atomic E-state index is -1.25. The number of carbonyl (C=O) groups is 3. The lowest BCUT2D eigenvalue weighted by Crippen LogP contribution is -2.50. The summed E-state index contributed by atoms with van der Waals surface area (Å²) in [6, 6.07) is 4.77. The average Bonchev–Trinajstić information content (AvgIpc) is 2.52. The number of methoxy groups -OCH3 is 2. The van der Waals surface area contributed by atoms with Crippen molar-refractivity contribution in [3.63, 3.8) is 0 Å². The van der Waals surface area contributed by atoms with Crippen LogP contribution in [0.4, 0.5) is 0 Å². The third-order valence-corrected chi connectivity index (χ3v) is 3.11. The maximum Gasteiger partial charge on any atom is 0.328 e. The fourth-order valence-corrected chi connectivity index (χ4v) is 1.93. The Morgan fingerprint density at radius 2 is 2.00 bits per heavy atom. The Morgan fingerprint density at radius 1 is 1.30 bits per heavy atom. The average molecular weight is 324 g/mol. The van der Waals surface area contributed by atoms with Gasteiger partial charge in [-0.1, -0.05) is 12.1 Å². The summed E-state index contributed by atoms with van der Waals surface area (Å²) in [5.41, 5.74) is 6.22. The highest BCUT2D eigenvalue weighted by molar-refractivity contribution is 5.89. The largest absolute Gasteiger partial charge is 0.497 e. The van der Waals surface area contributed by atoms with Crippen molar-refractivity contribution in [2.45, 2.75) is 24.9 Å². The number of nitrogens with two attached hydrogens (primary N) is 1. The van der Waals surface area contributed by atoms with E-state index in [0.29, 0.717) is 5.75 Å². The van der Waals surface area contributed by atoms with Gasteiger partial charge in [-0.3, -0.25) is 9.59 Å². The zero-order valence-electron chi connectivity index (χ0n) is 12.9. The van der Waals surface area contributed by atoms with Crippen LogP contribution in [-0.2, 0) is 25.5 Å². The highest BCUT2D eigenvalue weighted by Gasteiger charge is 2.25. The summed E-state index contributed by atoms with van der Waals surface area (Å²) in [7, 11) is 2.72. The van der Waals surface area contributed by atoms with Gasteiger partial charge in [0, 0.05) is 6.42 Å². The zero-order valence-corrected chi connectivity index (χ0v) is 12.9. The molecule has 8 heteroatoms. The van der Waals surface area contributed by atoms with Crippen molar-refractivity contribution in [3.05, 3.63) is 29.8 Å². The molecule has 0 saturated carbocycles. The summed E-state index contributed by atoms with van der Waals surface area (Å²) in [4.78, 5) is 34.3. The van der Waals surface area contributed by atoms with E-state index in [2.05, 4.69) is 10.1 Å². The molecule has 0 aliphatic rings. The topological polar surface area (TPSA) is 128 Å². The van der Waals surface area contributed by atoms with Crippen molar-refractivity contribution in [1.82, 2.24) is 5.32 Å². The highest BCUT2D eigenvalue weighted by Crippen LogP contribution is 2.14. The summed E-state index contributed by atoms with van der Waals surface area (Å²) in [5.74, 6) is -1.97. The fraction of sp³-hybridized carbons (Fsp3) is 0.400. The Labute approximate surface area is 133 Å². The molecule has 0 aliphatic heterocycles. The molecule has 23 heavy (non-hydrogen) atoms. The summed E-state index contributed by atoms with van der Waals surface area (Å²) in [5, 5.41) is 11.1. The van der Waals surface area contributed by atoms with Gasteiger partial charge in [-0.05, 0) is 17.7 Å². The first kappa shape index (κ1) is 18.4. The van der Waals surface area contributed by atoms with Crippen LogP contribution in [0.15, 0.2) is 24.3 Å². The van der Waals surface area contributed by atoms with Crippen LogP contribution in [0, 0.1) is 0 Å². The lowest BCUT2D eigenvalue weighted by molar-refractivity contribution is -0.145. The molecule has 4 N–H and O–H groups in total. The number of amides is 1. The second-order valence-corrected chi connectivity index (χ2v) is 4.84. The van der Waals surface area contributed by atoms with Crippen molar-refractivity contribution in [2.24, 2.45) is 5.73 Å². The molecule has 0 bridgehead atoms. The number of carbonyl (C=O) groups excluding carboxylic acids is 2. The molecular formula is C15H20N2O6. The van der Waals surface area contributed by atoms with E-state index in [1.54, 1.807) is 24.3 Å². The molecule has 0 saturated heterocycles. The summed E-state index contributed by atoms with van der Waals surface area (Å²) >= 11 is 0. The van der Waals surface area contributed by atoms with Crippen LogP contribution in [0.25, 0.3) is 0 Å². The van der Waals surface area contributed by atoms with Crippen LogP contribution in [0.3, 0.4) is 0 Å². The van der Waals surface area contributed by atoms with E-state index in [0.717, 1.165) is 5.56 Å². The molecule has 1 amide bonds. The van der Waals surface area contributed by atoms with E-state index in [9.17, 15) is 14.4 Å². The molecule has 1 aromatic rings. The second-order valence-electron chi connectivity index (χ2n) is 4.84. The first-order chi connectivity index (χ1) is 10.9. The first-order valence-corrected chi connectivity index (χ1v) is 6.86. The number of hydrogen-bond acceptors (Lipinski definition) is 6. The van der Waals surface area contributed by atoms with Gasteiger partial charge in [0.1, 0.15) is 11.8 Å². The first-order valence-electron chi connectivity index (χ1n) is 6.86. The van der Waals surface area contributed by atoms with Crippen LogP contribution in [0.1, 0.15) is 12.0 Å². The molecule has 1 rings (SSSR count). The van der Waals surface area contributed by atoms with Crippen LogP contribution < -0.4 is 15.8 Å². The van der Waals surface area contributed by atoms with Crippen molar-refractivity contribution in [3.8, 4) is 5.75 Å². The quantitative estimate of drug-likeness (QED) is 0.560. The predicted molar refractivity (Wildman–Crippen MR) is 80.9 cm³/mol. The minimum absolute atomic E-state index is 0.162. The van der Waals surface area contributed by atoms with Gasteiger partial charge in [0.15, 0.2) is 0 Å². The lowest BCUT2D eigenvalue weighted by Gasteiger charge is -2.19. The van der Waals surface area contributed by atoms with Gasteiger partial charge in [0.25, 0.3) is 0 Å². The normalized spacial score (nSPS) is 12.8. The van der Waals surface area contributed by atoms with Crippen molar-refractivity contribution < 1.29 is 29.0 Å². The van der Waals surface area contributed by atoms with Crippen LogP contribution >= 0.6 is 0 Å². The van der Waals surface area contributed by atoms with E-state index in [1.807, 2.05) is 0 Å². The number of benzene rings is 1. The van der Waals surface area contributed by atoms with Gasteiger partial charge in [0.05, 0.1) is 26.7 Å². The Balaban J connectivity index is 2.82. The SMILES string of the molecule is COC(=O)[C@H](Cc1cccc(OC)c1)NC(=O)[C@@H](N)CC(=O)O. The van der Waals surface area contributed by atoms with Gasteiger partial charge in [-0.2, -0.15) is 0 Å². The number of rotatable bonds is 8. The number of aliphatic carboxylic acids is 1. The molecule has 0 aliphatic carbocycles. The van der Waals surface area contributed by atoms with Gasteiger partial charge in [-0.25, -0.2) is 4.79 Å². The number of carboxylic acids is 1. The van der Waals surface area contributed by atoms with E-state index < -0.39 is 36.4 Å². The van der Waals surface area contributed by atoms with Gasteiger partial charge >= 0.3 is 11.9 Å². The molecule has 126 valence electrons. The maximum atomic E-state index is 11.9. The van der Waals surface area contributed by atoms with Gasteiger partial charge < -0.3 is 25.6 Å². The predicted octanol–water partition coefficient (Wildman–Crippen LogP) is -0.302. The molecule has 0 fully saturated rings. The zero-order chi connectivity index (χ0) is 17.4. The number of hydrogen-bond donors (Lipinski definition) is 3. The minimum Gasteiger partial charge on any atom is -0.497 e. The third-order valence-electron chi connectivity index (χ3n) is 3.11. The smallest absolute Gasteiger partial charge is 0.328 e. The van der Waals surface area contributed by atoms with E-state index in [-0.39, 0.29) is 6.42 Å². The van der Waals surface area contributed by atoms with Crippen LogP contribution in [0.5, 0.6) is 5.75 Å². The Hall–Kier alpha value is -2.61. The second kappa shape index (κ2) is 8.74. The Morgan fingerprint density at radius 3 is 2.57 bits per heavy atom. The monoisotopic (exact) mass is 324 g/mol.